The van der Waals surface area contributed by atoms with Gasteiger partial charge in [0, 0.05) is 11.6 Å². The first kappa shape index (κ1) is 14.3. The quantitative estimate of drug-likeness (QED) is 0.811. The van der Waals surface area contributed by atoms with Gasteiger partial charge in [0.05, 0.1) is 11.1 Å². The zero-order chi connectivity index (χ0) is 14.9. The second-order valence-electron chi connectivity index (χ2n) is 4.30. The second-order valence-corrected chi connectivity index (χ2v) is 4.67. The van der Waals surface area contributed by atoms with Gasteiger partial charge in [0.2, 0.25) is 5.91 Å². The number of amides is 1. The summed E-state index contributed by atoms with van der Waals surface area (Å²) in [5.41, 5.74) is 12.3. The molecule has 2 rings (SSSR count). The van der Waals surface area contributed by atoms with Crippen molar-refractivity contribution in [2.75, 3.05) is 0 Å². The van der Waals surface area contributed by atoms with E-state index in [0.29, 0.717) is 5.56 Å². The Labute approximate surface area is 119 Å². The van der Waals surface area contributed by atoms with Crippen LogP contribution in [0.15, 0.2) is 36.4 Å². The Hall–Kier alpha value is -2.11. The van der Waals surface area contributed by atoms with Crippen LogP contribution in [0, 0.1) is 5.82 Å². The van der Waals surface area contributed by atoms with E-state index in [1.165, 1.54) is 6.07 Å². The molecule has 104 valence electrons. The number of phenolic OH excluding ortho intramolecular Hbond substituents is 1. The van der Waals surface area contributed by atoms with E-state index in [1.54, 1.807) is 18.2 Å². The summed E-state index contributed by atoms with van der Waals surface area (Å²) in [5, 5.41) is 9.49. The van der Waals surface area contributed by atoms with Gasteiger partial charge in [-0.25, -0.2) is 4.39 Å². The molecule has 0 heterocycles. The maximum absolute atomic E-state index is 13.3. The van der Waals surface area contributed by atoms with E-state index in [-0.39, 0.29) is 21.9 Å². The minimum Gasteiger partial charge on any atom is -0.506 e. The van der Waals surface area contributed by atoms with Gasteiger partial charge in [-0.2, -0.15) is 0 Å². The van der Waals surface area contributed by atoms with Crippen LogP contribution in [0.1, 0.15) is 27.5 Å². The Balaban J connectivity index is 2.48. The summed E-state index contributed by atoms with van der Waals surface area (Å²) in [6.07, 6.45) is 0. The summed E-state index contributed by atoms with van der Waals surface area (Å²) in [4.78, 5) is 11.1. The molecule has 0 aliphatic rings. The lowest BCUT2D eigenvalue weighted by atomic mass is 9.97. The molecular formula is C14H12ClFN2O2. The Morgan fingerprint density at radius 2 is 2.00 bits per heavy atom. The van der Waals surface area contributed by atoms with Crippen molar-refractivity contribution in [3.63, 3.8) is 0 Å². The van der Waals surface area contributed by atoms with Crippen LogP contribution in [0.25, 0.3) is 0 Å². The minimum atomic E-state index is -0.789. The number of primary amides is 1. The van der Waals surface area contributed by atoms with E-state index < -0.39 is 17.8 Å². The maximum atomic E-state index is 13.3. The van der Waals surface area contributed by atoms with Gasteiger partial charge < -0.3 is 16.6 Å². The molecule has 6 heteroatoms. The van der Waals surface area contributed by atoms with Crippen LogP contribution in [0.3, 0.4) is 0 Å². The highest BCUT2D eigenvalue weighted by atomic mass is 35.5. The predicted octanol–water partition coefficient (Wildman–Crippen LogP) is 2.33. The van der Waals surface area contributed by atoms with Crippen LogP contribution in [0.2, 0.25) is 5.02 Å². The lowest BCUT2D eigenvalue weighted by Crippen LogP contribution is -2.15. The molecule has 0 fully saturated rings. The summed E-state index contributed by atoms with van der Waals surface area (Å²) in [6, 6.07) is 7.58. The normalized spacial score (nSPS) is 12.2. The van der Waals surface area contributed by atoms with Crippen molar-refractivity contribution in [2.24, 2.45) is 11.5 Å². The first-order valence-corrected chi connectivity index (χ1v) is 6.11. The summed E-state index contributed by atoms with van der Waals surface area (Å²) in [7, 11) is 0. The molecule has 0 spiro atoms. The molecule has 0 saturated carbocycles. The van der Waals surface area contributed by atoms with Gasteiger partial charge in [-0.15, -0.1) is 0 Å². The molecule has 0 aromatic heterocycles. The van der Waals surface area contributed by atoms with Crippen molar-refractivity contribution in [1.82, 2.24) is 0 Å². The smallest absolute Gasteiger partial charge is 0.248 e. The van der Waals surface area contributed by atoms with E-state index >= 15 is 0 Å². The van der Waals surface area contributed by atoms with Crippen LogP contribution in [-0.4, -0.2) is 11.0 Å². The van der Waals surface area contributed by atoms with Gasteiger partial charge in [-0.05, 0) is 29.3 Å². The molecule has 2 aromatic rings. The van der Waals surface area contributed by atoms with Crippen LogP contribution in [0.4, 0.5) is 4.39 Å². The van der Waals surface area contributed by atoms with Crippen molar-refractivity contribution >= 4 is 17.5 Å². The van der Waals surface area contributed by atoms with Gasteiger partial charge in [0.25, 0.3) is 0 Å². The van der Waals surface area contributed by atoms with E-state index in [4.69, 9.17) is 23.1 Å². The van der Waals surface area contributed by atoms with Crippen LogP contribution in [0.5, 0.6) is 5.75 Å². The fourth-order valence-electron chi connectivity index (χ4n) is 1.89. The van der Waals surface area contributed by atoms with Gasteiger partial charge in [-0.3, -0.25) is 4.79 Å². The third-order valence-corrected chi connectivity index (χ3v) is 3.32. The number of rotatable bonds is 3. The number of aromatic hydroxyl groups is 1. The first-order valence-electron chi connectivity index (χ1n) is 5.73. The largest absolute Gasteiger partial charge is 0.506 e. The summed E-state index contributed by atoms with van der Waals surface area (Å²) in [5.74, 6) is -1.63. The number of nitrogens with two attached hydrogens (primary N) is 2. The van der Waals surface area contributed by atoms with E-state index in [1.807, 2.05) is 0 Å². The zero-order valence-corrected chi connectivity index (χ0v) is 11.1. The summed E-state index contributed by atoms with van der Waals surface area (Å²) < 4.78 is 13.3. The topological polar surface area (TPSA) is 89.3 Å². The predicted molar refractivity (Wildman–Crippen MR) is 74.1 cm³/mol. The van der Waals surface area contributed by atoms with E-state index in [2.05, 4.69) is 0 Å². The van der Waals surface area contributed by atoms with Crippen LogP contribution < -0.4 is 11.5 Å². The molecule has 0 aliphatic heterocycles. The SMILES string of the molecule is NC(=O)c1cccc(C(N)c2cc(F)cc(O)c2Cl)c1. The lowest BCUT2D eigenvalue weighted by molar-refractivity contribution is 0.1000. The molecule has 1 unspecified atom stereocenters. The number of carbonyl (C=O) groups is 1. The van der Waals surface area contributed by atoms with Crippen molar-refractivity contribution < 1.29 is 14.3 Å². The van der Waals surface area contributed by atoms with Crippen LogP contribution in [-0.2, 0) is 0 Å². The Morgan fingerprint density at radius 1 is 1.30 bits per heavy atom. The number of hydrogen-bond acceptors (Lipinski definition) is 3. The standard InChI is InChI=1S/C14H12ClFN2O2/c15-12-10(5-9(16)6-11(12)19)13(17)7-2-1-3-8(4-7)14(18)20/h1-6,13,19H,17H2,(H2,18,20). The van der Waals surface area contributed by atoms with Crippen molar-refractivity contribution in [2.45, 2.75) is 6.04 Å². The third-order valence-electron chi connectivity index (χ3n) is 2.91. The molecule has 2 aromatic carbocycles. The fraction of sp³-hybridized carbons (Fsp3) is 0.0714. The first-order chi connectivity index (χ1) is 9.40. The average molecular weight is 295 g/mol. The van der Waals surface area contributed by atoms with Crippen molar-refractivity contribution in [3.05, 3.63) is 63.9 Å². The van der Waals surface area contributed by atoms with Crippen LogP contribution >= 0.6 is 11.6 Å². The minimum absolute atomic E-state index is 0.0246. The maximum Gasteiger partial charge on any atom is 0.248 e. The molecule has 0 aliphatic carbocycles. The summed E-state index contributed by atoms with van der Waals surface area (Å²) >= 11 is 5.92. The zero-order valence-electron chi connectivity index (χ0n) is 10.3. The van der Waals surface area contributed by atoms with Gasteiger partial charge in [0.1, 0.15) is 11.6 Å². The Kier molecular flexibility index (Phi) is 3.92. The number of carbonyl (C=O) groups excluding carboxylic acids is 1. The molecule has 0 saturated heterocycles. The molecule has 4 nitrogen and oxygen atoms in total. The lowest BCUT2D eigenvalue weighted by Gasteiger charge is -2.15. The number of halogens is 2. The highest BCUT2D eigenvalue weighted by molar-refractivity contribution is 6.32. The Bertz CT molecular complexity index is 676. The second kappa shape index (κ2) is 5.48. The molecule has 1 amide bonds. The van der Waals surface area contributed by atoms with Crippen molar-refractivity contribution in [3.8, 4) is 5.75 Å². The van der Waals surface area contributed by atoms with Crippen molar-refractivity contribution in [1.29, 1.82) is 0 Å². The molecule has 5 N–H and O–H groups in total. The average Bonchev–Trinajstić information content (AvgIpc) is 2.42. The van der Waals surface area contributed by atoms with Gasteiger partial charge in [-0.1, -0.05) is 23.7 Å². The number of hydrogen-bond donors (Lipinski definition) is 3. The van der Waals surface area contributed by atoms with Gasteiger partial charge in [0.15, 0.2) is 0 Å². The molecule has 20 heavy (non-hydrogen) atoms. The van der Waals surface area contributed by atoms with Gasteiger partial charge >= 0.3 is 0 Å². The Morgan fingerprint density at radius 3 is 2.65 bits per heavy atom. The third kappa shape index (κ3) is 2.74. The highest BCUT2D eigenvalue weighted by Crippen LogP contribution is 2.34. The molecule has 1 atom stereocenters. The van der Waals surface area contributed by atoms with E-state index in [0.717, 1.165) is 12.1 Å². The fourth-order valence-corrected chi connectivity index (χ4v) is 2.11. The number of phenols is 1. The van der Waals surface area contributed by atoms with E-state index in [9.17, 15) is 14.3 Å². The number of benzene rings is 2. The monoisotopic (exact) mass is 294 g/mol. The molecule has 0 radical (unpaired) electrons. The molecular weight excluding hydrogens is 283 g/mol. The summed E-state index contributed by atoms with van der Waals surface area (Å²) in [6.45, 7) is 0. The highest BCUT2D eigenvalue weighted by Gasteiger charge is 2.17. The molecule has 0 bridgehead atoms.